The number of aryl methyl sites for hydroxylation is 2. The van der Waals surface area contributed by atoms with E-state index < -0.39 is 0 Å². The third-order valence-electron chi connectivity index (χ3n) is 12.4. The van der Waals surface area contributed by atoms with E-state index in [9.17, 15) is 4.79 Å². The minimum Gasteiger partial charge on any atom is -0.496 e. The maximum absolute atomic E-state index is 13.3. The number of hydrogen-bond donors (Lipinski definition) is 0. The quantitative estimate of drug-likeness (QED) is 0.239. The molecular weight excluding hydrogens is 492 g/mol. The standard InChI is InChI=1S/C37H56O3/c1-23(2)10-9-11-25(4)31-14-15-32-29-13-12-27-22-28(16-18-36(27,6)33(29)17-19-37(31,32)7)40-35(38)30-21-24(3)20-26(5)34(30)39-8/h12,20-21,23,25,28-29,31-33H,9-11,13-19,22H2,1-8H3. The molecule has 5 rings (SSSR count). The number of benzene rings is 1. The van der Waals surface area contributed by atoms with Gasteiger partial charge in [0.05, 0.1) is 7.11 Å². The summed E-state index contributed by atoms with van der Waals surface area (Å²) in [6, 6.07) is 3.96. The summed E-state index contributed by atoms with van der Waals surface area (Å²) in [6.45, 7) is 16.6. The molecule has 1 aromatic rings. The van der Waals surface area contributed by atoms with E-state index in [0.717, 1.165) is 65.9 Å². The SMILES string of the molecule is COc1c(C)cc(C)cc1C(=O)OC1CCC2(C)C(=CCC3C2CCC2(C)C(C(C)CCCC(C)C)CCC32)C1. The van der Waals surface area contributed by atoms with Crippen LogP contribution in [0.1, 0.15) is 127 Å². The van der Waals surface area contributed by atoms with Crippen molar-refractivity contribution in [2.75, 3.05) is 7.11 Å². The molecule has 3 heteroatoms. The van der Waals surface area contributed by atoms with Crippen LogP contribution in [0.25, 0.3) is 0 Å². The van der Waals surface area contributed by atoms with Gasteiger partial charge in [-0.05, 0) is 122 Å². The maximum atomic E-state index is 13.3. The molecule has 0 bridgehead atoms. The van der Waals surface area contributed by atoms with Gasteiger partial charge in [0.2, 0.25) is 0 Å². The van der Waals surface area contributed by atoms with Gasteiger partial charge in [0, 0.05) is 6.42 Å². The Bertz CT molecular complexity index is 1120. The molecule has 0 amide bonds. The highest BCUT2D eigenvalue weighted by molar-refractivity contribution is 5.93. The lowest BCUT2D eigenvalue weighted by molar-refractivity contribution is -0.0594. The van der Waals surface area contributed by atoms with E-state index >= 15 is 0 Å². The van der Waals surface area contributed by atoms with Gasteiger partial charge in [-0.15, -0.1) is 0 Å². The van der Waals surface area contributed by atoms with Crippen molar-refractivity contribution in [3.63, 3.8) is 0 Å². The zero-order valence-corrected chi connectivity index (χ0v) is 26.8. The summed E-state index contributed by atoms with van der Waals surface area (Å²) < 4.78 is 11.8. The van der Waals surface area contributed by atoms with Gasteiger partial charge < -0.3 is 9.47 Å². The normalized spacial score (nSPS) is 35.8. The van der Waals surface area contributed by atoms with Crippen molar-refractivity contribution in [1.82, 2.24) is 0 Å². The van der Waals surface area contributed by atoms with Crippen molar-refractivity contribution in [2.45, 2.75) is 125 Å². The maximum Gasteiger partial charge on any atom is 0.342 e. The van der Waals surface area contributed by atoms with Gasteiger partial charge in [-0.3, -0.25) is 0 Å². The lowest BCUT2D eigenvalue weighted by Crippen LogP contribution is -2.51. The van der Waals surface area contributed by atoms with E-state index in [4.69, 9.17) is 9.47 Å². The van der Waals surface area contributed by atoms with Crippen molar-refractivity contribution in [3.8, 4) is 5.75 Å². The number of allylic oxidation sites excluding steroid dienone is 1. The third-order valence-corrected chi connectivity index (χ3v) is 12.4. The van der Waals surface area contributed by atoms with E-state index in [0.29, 0.717) is 16.7 Å². The summed E-state index contributed by atoms with van der Waals surface area (Å²) >= 11 is 0. The van der Waals surface area contributed by atoms with Crippen molar-refractivity contribution < 1.29 is 14.3 Å². The van der Waals surface area contributed by atoms with Crippen molar-refractivity contribution in [2.24, 2.45) is 46.3 Å². The molecule has 8 unspecified atom stereocenters. The van der Waals surface area contributed by atoms with Crippen molar-refractivity contribution in [1.29, 1.82) is 0 Å². The number of rotatable bonds is 8. The van der Waals surface area contributed by atoms with Gasteiger partial charge in [-0.2, -0.15) is 0 Å². The average molecular weight is 549 g/mol. The second kappa shape index (κ2) is 11.5. The Morgan fingerprint density at radius 3 is 2.50 bits per heavy atom. The Hall–Kier alpha value is -1.77. The van der Waals surface area contributed by atoms with Crippen molar-refractivity contribution in [3.05, 3.63) is 40.5 Å². The fourth-order valence-corrected chi connectivity index (χ4v) is 10.3. The van der Waals surface area contributed by atoms with Gasteiger partial charge in [0.1, 0.15) is 17.4 Å². The van der Waals surface area contributed by atoms with Crippen LogP contribution < -0.4 is 4.74 Å². The minimum atomic E-state index is -0.237. The predicted molar refractivity (Wildman–Crippen MR) is 165 cm³/mol. The van der Waals surface area contributed by atoms with Gasteiger partial charge >= 0.3 is 5.97 Å². The number of ether oxygens (including phenoxy) is 2. The number of methoxy groups -OCH3 is 1. The Balaban J connectivity index is 1.27. The highest BCUT2D eigenvalue weighted by atomic mass is 16.5. The summed E-state index contributed by atoms with van der Waals surface area (Å²) in [7, 11) is 1.64. The molecule has 0 radical (unpaired) electrons. The monoisotopic (exact) mass is 548 g/mol. The van der Waals surface area contributed by atoms with E-state index in [1.54, 1.807) is 12.7 Å². The van der Waals surface area contributed by atoms with E-state index in [-0.39, 0.29) is 17.5 Å². The topological polar surface area (TPSA) is 35.5 Å². The van der Waals surface area contributed by atoms with Gasteiger partial charge in [0.15, 0.2) is 0 Å². The molecule has 0 N–H and O–H groups in total. The summed E-state index contributed by atoms with van der Waals surface area (Å²) in [5.74, 6) is 5.50. The number of fused-ring (bicyclic) bond motifs is 5. The van der Waals surface area contributed by atoms with E-state index in [1.165, 1.54) is 51.4 Å². The first kappa shape index (κ1) is 29.7. The van der Waals surface area contributed by atoms with Crippen LogP contribution >= 0.6 is 0 Å². The van der Waals surface area contributed by atoms with Crippen LogP contribution in [0.4, 0.5) is 0 Å². The van der Waals surface area contributed by atoms with Crippen LogP contribution in [0.2, 0.25) is 0 Å². The smallest absolute Gasteiger partial charge is 0.342 e. The molecule has 4 aliphatic rings. The van der Waals surface area contributed by atoms with Crippen LogP contribution in [0, 0.1) is 60.2 Å². The van der Waals surface area contributed by atoms with Crippen LogP contribution in [0.15, 0.2) is 23.8 Å². The van der Waals surface area contributed by atoms with Crippen LogP contribution in [-0.2, 0) is 4.74 Å². The molecule has 0 heterocycles. The third kappa shape index (κ3) is 5.29. The summed E-state index contributed by atoms with van der Waals surface area (Å²) in [6.07, 6.45) is 16.7. The molecule has 3 nitrogen and oxygen atoms in total. The fraction of sp³-hybridized carbons (Fsp3) is 0.757. The van der Waals surface area contributed by atoms with Gasteiger partial charge in [-0.25, -0.2) is 4.79 Å². The predicted octanol–water partition coefficient (Wildman–Crippen LogP) is 9.88. The molecule has 0 aromatic heterocycles. The lowest BCUT2D eigenvalue weighted by Gasteiger charge is -2.58. The molecule has 8 atom stereocenters. The highest BCUT2D eigenvalue weighted by Gasteiger charge is 2.59. The number of carbonyl (C=O) groups excluding carboxylic acids is 1. The first-order chi connectivity index (χ1) is 19.0. The zero-order valence-electron chi connectivity index (χ0n) is 26.8. The highest BCUT2D eigenvalue weighted by Crippen LogP contribution is 2.67. The first-order valence-corrected chi connectivity index (χ1v) is 16.5. The second-order valence-corrected chi connectivity index (χ2v) is 15.2. The molecule has 3 fully saturated rings. The van der Waals surface area contributed by atoms with Crippen LogP contribution in [0.5, 0.6) is 5.75 Å². The fourth-order valence-electron chi connectivity index (χ4n) is 10.3. The summed E-state index contributed by atoms with van der Waals surface area (Å²) in [4.78, 5) is 13.3. The molecule has 0 aliphatic heterocycles. The van der Waals surface area contributed by atoms with E-state index in [2.05, 4.69) is 46.8 Å². The molecule has 1 aromatic carbocycles. The van der Waals surface area contributed by atoms with Crippen LogP contribution in [0.3, 0.4) is 0 Å². The summed E-state index contributed by atoms with van der Waals surface area (Å²) in [5, 5.41) is 0. The molecule has 0 spiro atoms. The van der Waals surface area contributed by atoms with E-state index in [1.807, 2.05) is 19.9 Å². The van der Waals surface area contributed by atoms with Gasteiger partial charge in [-0.1, -0.05) is 71.6 Å². The second-order valence-electron chi connectivity index (χ2n) is 15.2. The molecular formula is C37H56O3. The van der Waals surface area contributed by atoms with Crippen molar-refractivity contribution >= 4 is 5.97 Å². The number of hydrogen-bond acceptors (Lipinski definition) is 3. The summed E-state index contributed by atoms with van der Waals surface area (Å²) in [5.41, 5.74) is 4.97. The molecule has 3 saturated carbocycles. The molecule has 4 aliphatic carbocycles. The zero-order chi connectivity index (χ0) is 28.8. The average Bonchev–Trinajstić information content (AvgIpc) is 3.25. The Kier molecular flexibility index (Phi) is 8.53. The minimum absolute atomic E-state index is 0.0368. The Labute approximate surface area is 244 Å². The number of esters is 1. The Morgan fingerprint density at radius 1 is 1.00 bits per heavy atom. The molecule has 222 valence electrons. The lowest BCUT2D eigenvalue weighted by atomic mass is 9.47. The van der Waals surface area contributed by atoms with Gasteiger partial charge in [0.25, 0.3) is 0 Å². The largest absolute Gasteiger partial charge is 0.496 e. The molecule has 40 heavy (non-hydrogen) atoms. The number of carbonyl (C=O) groups is 1. The first-order valence-electron chi connectivity index (χ1n) is 16.5. The molecule has 0 saturated heterocycles. The Morgan fingerprint density at radius 2 is 1.77 bits per heavy atom. The van der Waals surface area contributed by atoms with Crippen LogP contribution in [-0.4, -0.2) is 19.2 Å².